The molecular weight excluding hydrogens is 198 g/mol. The molecule has 0 amide bonds. The highest BCUT2D eigenvalue weighted by molar-refractivity contribution is 5.13. The molecule has 1 saturated heterocycles. The molecule has 1 saturated carbocycles. The Labute approximate surface area is 100 Å². The van der Waals surface area contributed by atoms with Crippen LogP contribution in [0.5, 0.6) is 0 Å². The monoisotopic (exact) mass is 225 g/mol. The predicted molar refractivity (Wildman–Crippen MR) is 67.4 cm³/mol. The molecule has 2 aliphatic rings. The number of rotatable bonds is 4. The second kappa shape index (κ2) is 3.99. The third-order valence-electron chi connectivity index (χ3n) is 5.64. The fourth-order valence-electron chi connectivity index (χ4n) is 3.26. The van der Waals surface area contributed by atoms with E-state index >= 15 is 0 Å². The van der Waals surface area contributed by atoms with Gasteiger partial charge < -0.3 is 10.1 Å². The van der Waals surface area contributed by atoms with Gasteiger partial charge in [0, 0.05) is 12.6 Å². The second-order valence-electron chi connectivity index (χ2n) is 6.82. The normalized spacial score (nSPS) is 33.9. The predicted octanol–water partition coefficient (Wildman–Crippen LogP) is 2.68. The van der Waals surface area contributed by atoms with Crippen molar-refractivity contribution in [2.45, 2.75) is 47.1 Å². The average Bonchev–Trinajstić information content (AvgIpc) is 2.66. The van der Waals surface area contributed by atoms with E-state index in [1.807, 2.05) is 0 Å². The molecule has 0 aromatic carbocycles. The number of hydrogen-bond donors (Lipinski definition) is 1. The molecule has 0 bridgehead atoms. The van der Waals surface area contributed by atoms with Gasteiger partial charge in [0.05, 0.1) is 6.61 Å². The van der Waals surface area contributed by atoms with Crippen LogP contribution in [0.25, 0.3) is 0 Å². The zero-order valence-corrected chi connectivity index (χ0v) is 11.5. The SMILES string of the molecule is CC(NCC1C(C)(C)C1(C)C)C1CCOC1. The first kappa shape index (κ1) is 12.4. The molecule has 1 heterocycles. The van der Waals surface area contributed by atoms with Crippen LogP contribution in [0.1, 0.15) is 41.0 Å². The van der Waals surface area contributed by atoms with E-state index in [0.717, 1.165) is 31.6 Å². The summed E-state index contributed by atoms with van der Waals surface area (Å²) in [5.74, 6) is 1.55. The molecular formula is C14H27NO. The standard InChI is InChI=1S/C14H27NO/c1-10(11-6-7-16-9-11)15-8-12-13(2,3)14(12,4)5/h10-12,15H,6-9H2,1-5H3. The van der Waals surface area contributed by atoms with E-state index in [4.69, 9.17) is 4.74 Å². The van der Waals surface area contributed by atoms with Crippen molar-refractivity contribution in [3.05, 3.63) is 0 Å². The maximum atomic E-state index is 5.44. The molecule has 2 nitrogen and oxygen atoms in total. The highest BCUT2D eigenvalue weighted by atomic mass is 16.5. The Morgan fingerprint density at radius 2 is 1.88 bits per heavy atom. The van der Waals surface area contributed by atoms with Crippen LogP contribution in [0, 0.1) is 22.7 Å². The molecule has 1 aliphatic carbocycles. The zero-order chi connectivity index (χ0) is 12.0. The summed E-state index contributed by atoms with van der Waals surface area (Å²) < 4.78 is 5.44. The first-order valence-corrected chi connectivity index (χ1v) is 6.68. The van der Waals surface area contributed by atoms with Crippen LogP contribution in [0.2, 0.25) is 0 Å². The van der Waals surface area contributed by atoms with Crippen LogP contribution in [-0.4, -0.2) is 25.8 Å². The lowest BCUT2D eigenvalue weighted by Crippen LogP contribution is -2.35. The highest BCUT2D eigenvalue weighted by Gasteiger charge is 2.63. The summed E-state index contributed by atoms with van der Waals surface area (Å²) in [7, 11) is 0. The van der Waals surface area contributed by atoms with E-state index in [-0.39, 0.29) is 0 Å². The van der Waals surface area contributed by atoms with Gasteiger partial charge in [0.2, 0.25) is 0 Å². The molecule has 2 fully saturated rings. The molecule has 0 aromatic rings. The van der Waals surface area contributed by atoms with E-state index in [0.29, 0.717) is 16.9 Å². The second-order valence-corrected chi connectivity index (χ2v) is 6.82. The summed E-state index contributed by atoms with van der Waals surface area (Å²) in [5, 5.41) is 3.72. The Balaban J connectivity index is 1.76. The van der Waals surface area contributed by atoms with Gasteiger partial charge in [-0.1, -0.05) is 27.7 Å². The lowest BCUT2D eigenvalue weighted by atomic mass is 10.0. The quantitative estimate of drug-likeness (QED) is 0.794. The molecule has 1 N–H and O–H groups in total. The third kappa shape index (κ3) is 1.91. The fraction of sp³-hybridized carbons (Fsp3) is 1.00. The molecule has 1 aliphatic heterocycles. The third-order valence-corrected chi connectivity index (χ3v) is 5.64. The van der Waals surface area contributed by atoms with Crippen molar-refractivity contribution >= 4 is 0 Å². The largest absolute Gasteiger partial charge is 0.381 e. The molecule has 2 rings (SSSR count). The Hall–Kier alpha value is -0.0800. The van der Waals surface area contributed by atoms with Crippen LogP contribution < -0.4 is 5.32 Å². The molecule has 94 valence electrons. The van der Waals surface area contributed by atoms with Gasteiger partial charge in [-0.15, -0.1) is 0 Å². The molecule has 2 atom stereocenters. The van der Waals surface area contributed by atoms with Crippen LogP contribution in [0.3, 0.4) is 0 Å². The molecule has 2 unspecified atom stereocenters. The van der Waals surface area contributed by atoms with E-state index in [1.54, 1.807) is 0 Å². The van der Waals surface area contributed by atoms with Gasteiger partial charge in [-0.2, -0.15) is 0 Å². The Morgan fingerprint density at radius 3 is 2.31 bits per heavy atom. The smallest absolute Gasteiger partial charge is 0.0509 e. The lowest BCUT2D eigenvalue weighted by molar-refractivity contribution is 0.178. The van der Waals surface area contributed by atoms with Crippen LogP contribution in [0.4, 0.5) is 0 Å². The van der Waals surface area contributed by atoms with Crippen molar-refractivity contribution in [3.8, 4) is 0 Å². The number of ether oxygens (including phenoxy) is 1. The average molecular weight is 225 g/mol. The number of hydrogen-bond acceptors (Lipinski definition) is 2. The van der Waals surface area contributed by atoms with Crippen molar-refractivity contribution in [1.29, 1.82) is 0 Å². The van der Waals surface area contributed by atoms with Crippen molar-refractivity contribution in [3.63, 3.8) is 0 Å². The summed E-state index contributed by atoms with van der Waals surface area (Å²) in [6.45, 7) is 14.9. The van der Waals surface area contributed by atoms with Gasteiger partial charge in [0.25, 0.3) is 0 Å². The van der Waals surface area contributed by atoms with Crippen LogP contribution in [-0.2, 0) is 4.74 Å². The van der Waals surface area contributed by atoms with Gasteiger partial charge in [-0.3, -0.25) is 0 Å². The van der Waals surface area contributed by atoms with E-state index in [9.17, 15) is 0 Å². The van der Waals surface area contributed by atoms with E-state index < -0.39 is 0 Å². The van der Waals surface area contributed by atoms with E-state index in [1.165, 1.54) is 6.42 Å². The topological polar surface area (TPSA) is 21.3 Å². The molecule has 0 spiro atoms. The minimum atomic E-state index is 0.506. The summed E-state index contributed by atoms with van der Waals surface area (Å²) >= 11 is 0. The van der Waals surface area contributed by atoms with Gasteiger partial charge in [0.1, 0.15) is 0 Å². The first-order valence-electron chi connectivity index (χ1n) is 6.68. The van der Waals surface area contributed by atoms with Crippen molar-refractivity contribution in [1.82, 2.24) is 5.32 Å². The van der Waals surface area contributed by atoms with Crippen molar-refractivity contribution in [2.24, 2.45) is 22.7 Å². The minimum absolute atomic E-state index is 0.506. The maximum Gasteiger partial charge on any atom is 0.0509 e. The van der Waals surface area contributed by atoms with Gasteiger partial charge >= 0.3 is 0 Å². The maximum absolute atomic E-state index is 5.44. The molecule has 0 aromatic heterocycles. The minimum Gasteiger partial charge on any atom is -0.381 e. The number of nitrogens with one attached hydrogen (secondary N) is 1. The van der Waals surface area contributed by atoms with Crippen LogP contribution in [0.15, 0.2) is 0 Å². The van der Waals surface area contributed by atoms with Crippen molar-refractivity contribution < 1.29 is 4.74 Å². The summed E-state index contributed by atoms with van der Waals surface area (Å²) in [6.07, 6.45) is 1.23. The summed E-state index contributed by atoms with van der Waals surface area (Å²) in [4.78, 5) is 0. The molecule has 16 heavy (non-hydrogen) atoms. The Bertz CT molecular complexity index is 239. The fourth-order valence-corrected chi connectivity index (χ4v) is 3.26. The molecule has 2 heteroatoms. The lowest BCUT2D eigenvalue weighted by Gasteiger charge is -2.19. The Kier molecular flexibility index (Phi) is 3.09. The van der Waals surface area contributed by atoms with Gasteiger partial charge in [0.15, 0.2) is 0 Å². The summed E-state index contributed by atoms with van der Waals surface area (Å²) in [5.41, 5.74) is 1.01. The van der Waals surface area contributed by atoms with Gasteiger partial charge in [-0.05, 0) is 42.6 Å². The summed E-state index contributed by atoms with van der Waals surface area (Å²) in [6, 6.07) is 0.606. The molecule has 0 radical (unpaired) electrons. The zero-order valence-electron chi connectivity index (χ0n) is 11.5. The van der Waals surface area contributed by atoms with Crippen molar-refractivity contribution in [2.75, 3.05) is 19.8 Å². The first-order chi connectivity index (χ1) is 7.37. The van der Waals surface area contributed by atoms with Crippen LogP contribution >= 0.6 is 0 Å². The van der Waals surface area contributed by atoms with E-state index in [2.05, 4.69) is 39.9 Å². The van der Waals surface area contributed by atoms with Gasteiger partial charge in [-0.25, -0.2) is 0 Å². The Morgan fingerprint density at radius 1 is 1.25 bits per heavy atom. The highest BCUT2D eigenvalue weighted by Crippen LogP contribution is 2.67.